The third kappa shape index (κ3) is 2.33. The summed E-state index contributed by atoms with van der Waals surface area (Å²) >= 11 is 0. The van der Waals surface area contributed by atoms with E-state index in [0.29, 0.717) is 0 Å². The van der Waals surface area contributed by atoms with Gasteiger partial charge in [0.05, 0.1) is 22.9 Å². The van der Waals surface area contributed by atoms with Crippen molar-refractivity contribution in [2.75, 3.05) is 0 Å². The van der Waals surface area contributed by atoms with E-state index in [-0.39, 0.29) is 17.1 Å². The molecule has 0 atom stereocenters. The zero-order valence-electron chi connectivity index (χ0n) is 8.84. The first-order valence-electron chi connectivity index (χ1n) is 5.07. The Morgan fingerprint density at radius 1 is 0.706 bits per heavy atom. The molecule has 0 unspecified atom stereocenters. The Hall–Kier alpha value is -1.77. The van der Waals surface area contributed by atoms with E-state index in [1.165, 1.54) is 0 Å². The molecule has 1 radical (unpaired) electrons. The van der Waals surface area contributed by atoms with Gasteiger partial charge in [0.2, 0.25) is 0 Å². The Labute approximate surface area is 109 Å². The SMILES string of the molecule is [Cu].c1ccc(-c2cnc3ccccc3n2)nc1. The number of benzene rings is 1. The Morgan fingerprint density at radius 2 is 1.47 bits per heavy atom. The summed E-state index contributed by atoms with van der Waals surface area (Å²) in [7, 11) is 0. The minimum absolute atomic E-state index is 0. The maximum Gasteiger partial charge on any atom is 0.108 e. The van der Waals surface area contributed by atoms with Crippen LogP contribution < -0.4 is 0 Å². The molecule has 87 valence electrons. The van der Waals surface area contributed by atoms with Crippen molar-refractivity contribution in [3.8, 4) is 11.4 Å². The third-order valence-electron chi connectivity index (χ3n) is 2.38. The molecule has 3 nitrogen and oxygen atoms in total. The van der Waals surface area contributed by atoms with E-state index < -0.39 is 0 Å². The van der Waals surface area contributed by atoms with Gasteiger partial charge < -0.3 is 0 Å². The van der Waals surface area contributed by atoms with Crippen molar-refractivity contribution in [2.45, 2.75) is 0 Å². The summed E-state index contributed by atoms with van der Waals surface area (Å²) in [6, 6.07) is 13.6. The fraction of sp³-hybridized carbons (Fsp3) is 0. The van der Waals surface area contributed by atoms with E-state index in [0.717, 1.165) is 22.4 Å². The van der Waals surface area contributed by atoms with Gasteiger partial charge in [-0.25, -0.2) is 4.98 Å². The van der Waals surface area contributed by atoms with Crippen LogP contribution in [0.3, 0.4) is 0 Å². The fourth-order valence-corrected chi connectivity index (χ4v) is 1.59. The smallest absolute Gasteiger partial charge is 0.108 e. The van der Waals surface area contributed by atoms with Crippen molar-refractivity contribution >= 4 is 11.0 Å². The number of fused-ring (bicyclic) bond motifs is 1. The summed E-state index contributed by atoms with van der Waals surface area (Å²) in [6.45, 7) is 0. The van der Waals surface area contributed by atoms with Crippen molar-refractivity contribution in [1.29, 1.82) is 0 Å². The number of rotatable bonds is 1. The van der Waals surface area contributed by atoms with E-state index in [1.54, 1.807) is 12.4 Å². The van der Waals surface area contributed by atoms with E-state index in [9.17, 15) is 0 Å². The summed E-state index contributed by atoms with van der Waals surface area (Å²) in [5.41, 5.74) is 3.45. The number of hydrogen-bond acceptors (Lipinski definition) is 3. The zero-order valence-corrected chi connectivity index (χ0v) is 9.78. The van der Waals surface area contributed by atoms with Gasteiger partial charge in [-0.15, -0.1) is 0 Å². The van der Waals surface area contributed by atoms with Crippen LogP contribution in [0.25, 0.3) is 22.4 Å². The molecule has 0 aliphatic heterocycles. The number of hydrogen-bond donors (Lipinski definition) is 0. The van der Waals surface area contributed by atoms with Gasteiger partial charge in [0, 0.05) is 23.3 Å². The van der Waals surface area contributed by atoms with Crippen molar-refractivity contribution in [3.63, 3.8) is 0 Å². The average Bonchev–Trinajstić information content (AvgIpc) is 2.39. The van der Waals surface area contributed by atoms with E-state index in [4.69, 9.17) is 0 Å². The van der Waals surface area contributed by atoms with Crippen molar-refractivity contribution in [1.82, 2.24) is 15.0 Å². The van der Waals surface area contributed by atoms with Gasteiger partial charge in [0.1, 0.15) is 5.69 Å². The van der Waals surface area contributed by atoms with Gasteiger partial charge >= 0.3 is 0 Å². The molecule has 0 aliphatic carbocycles. The zero-order chi connectivity index (χ0) is 10.8. The van der Waals surface area contributed by atoms with Gasteiger partial charge in [-0.05, 0) is 24.3 Å². The molecule has 0 bridgehead atoms. The van der Waals surface area contributed by atoms with Crippen LogP contribution in [0, 0.1) is 0 Å². The third-order valence-corrected chi connectivity index (χ3v) is 2.38. The average molecular weight is 271 g/mol. The van der Waals surface area contributed by atoms with Crippen LogP contribution in [0.4, 0.5) is 0 Å². The number of nitrogens with zero attached hydrogens (tertiary/aromatic N) is 3. The molecule has 4 heteroatoms. The van der Waals surface area contributed by atoms with Crippen LogP contribution in [-0.4, -0.2) is 15.0 Å². The molecular weight excluding hydrogens is 262 g/mol. The first-order valence-corrected chi connectivity index (χ1v) is 5.07. The van der Waals surface area contributed by atoms with Crippen LogP contribution in [0.5, 0.6) is 0 Å². The standard InChI is InChI=1S/C13H9N3.Cu/c1-2-7-12-10(5-1)15-9-13(16-12)11-6-3-4-8-14-11;/h1-9H;. The second-order valence-electron chi connectivity index (χ2n) is 3.46. The first-order chi connectivity index (χ1) is 7.93. The van der Waals surface area contributed by atoms with Crippen LogP contribution in [0.1, 0.15) is 0 Å². The predicted octanol–water partition coefficient (Wildman–Crippen LogP) is 2.69. The molecular formula is C13H9CuN3. The van der Waals surface area contributed by atoms with Gasteiger partial charge in [-0.2, -0.15) is 0 Å². The van der Waals surface area contributed by atoms with Crippen LogP contribution in [-0.2, 0) is 17.1 Å². The number of para-hydroxylation sites is 2. The molecule has 0 aliphatic rings. The van der Waals surface area contributed by atoms with E-state index >= 15 is 0 Å². The van der Waals surface area contributed by atoms with Crippen molar-refractivity contribution in [3.05, 3.63) is 54.9 Å². The quantitative estimate of drug-likeness (QED) is 0.638. The van der Waals surface area contributed by atoms with Crippen molar-refractivity contribution in [2.24, 2.45) is 0 Å². The topological polar surface area (TPSA) is 38.7 Å². The molecule has 3 aromatic rings. The molecule has 3 rings (SSSR count). The Bertz CT molecular complexity index is 626. The number of aromatic nitrogens is 3. The molecule has 0 amide bonds. The molecule has 2 heterocycles. The molecule has 1 aromatic carbocycles. The summed E-state index contributed by atoms with van der Waals surface area (Å²) in [6.07, 6.45) is 3.51. The minimum Gasteiger partial charge on any atom is -0.255 e. The molecule has 0 fully saturated rings. The van der Waals surface area contributed by atoms with Gasteiger partial charge in [-0.1, -0.05) is 18.2 Å². The maximum atomic E-state index is 4.52. The normalized spacial score (nSPS) is 9.88. The molecule has 0 saturated carbocycles. The van der Waals surface area contributed by atoms with Crippen LogP contribution in [0.2, 0.25) is 0 Å². The Balaban J connectivity index is 0.00000108. The second kappa shape index (κ2) is 5.04. The fourth-order valence-electron chi connectivity index (χ4n) is 1.59. The van der Waals surface area contributed by atoms with E-state index in [1.807, 2.05) is 42.5 Å². The first kappa shape index (κ1) is 11.7. The second-order valence-corrected chi connectivity index (χ2v) is 3.46. The van der Waals surface area contributed by atoms with Crippen LogP contribution in [0.15, 0.2) is 54.9 Å². The maximum absolute atomic E-state index is 4.52. The summed E-state index contributed by atoms with van der Waals surface area (Å²) in [5.74, 6) is 0. The Morgan fingerprint density at radius 3 is 2.24 bits per heavy atom. The van der Waals surface area contributed by atoms with Crippen LogP contribution >= 0.6 is 0 Å². The van der Waals surface area contributed by atoms with E-state index in [2.05, 4.69) is 15.0 Å². The molecule has 2 aromatic heterocycles. The van der Waals surface area contributed by atoms with Gasteiger partial charge in [0.25, 0.3) is 0 Å². The molecule has 0 spiro atoms. The minimum atomic E-state index is 0. The monoisotopic (exact) mass is 270 g/mol. The van der Waals surface area contributed by atoms with Gasteiger partial charge in [-0.3, -0.25) is 9.97 Å². The molecule has 17 heavy (non-hydrogen) atoms. The number of pyridine rings is 1. The summed E-state index contributed by atoms with van der Waals surface area (Å²) in [4.78, 5) is 13.1. The van der Waals surface area contributed by atoms with Crippen molar-refractivity contribution < 1.29 is 17.1 Å². The molecule has 0 saturated heterocycles. The van der Waals surface area contributed by atoms with Gasteiger partial charge in [0.15, 0.2) is 0 Å². The summed E-state index contributed by atoms with van der Waals surface area (Å²) < 4.78 is 0. The largest absolute Gasteiger partial charge is 0.255 e. The molecule has 0 N–H and O–H groups in total. The Kier molecular flexibility index (Phi) is 3.47. The predicted molar refractivity (Wildman–Crippen MR) is 62.8 cm³/mol. The summed E-state index contributed by atoms with van der Waals surface area (Å²) in [5, 5.41) is 0.